The Kier molecular flexibility index (Phi) is 4.80. The number of carbonyl (C=O) groups is 2. The fraction of sp³-hybridized carbons (Fsp3) is 0.467. The third-order valence-electron chi connectivity index (χ3n) is 3.64. The summed E-state index contributed by atoms with van der Waals surface area (Å²) in [6.45, 7) is 3.58. The average molecular weight is 292 g/mol. The van der Waals surface area contributed by atoms with Gasteiger partial charge in [0.15, 0.2) is 0 Å². The Morgan fingerprint density at radius 1 is 1.33 bits per heavy atom. The summed E-state index contributed by atoms with van der Waals surface area (Å²) < 4.78 is 5.47. The Morgan fingerprint density at radius 2 is 2.05 bits per heavy atom. The number of carboxylic acids is 1. The molecule has 0 aromatic heterocycles. The first kappa shape index (κ1) is 15.3. The second-order valence-corrected chi connectivity index (χ2v) is 5.01. The lowest BCUT2D eigenvalue weighted by Crippen LogP contribution is -2.56. The standard InChI is InChI=1S/C15H20N2O4/c1-3-21-13-7-5-4-6-11(13)14(18)17-9-8-16(2)12(10-17)15(19)20/h4-7,12H,3,8-10H2,1-2H3,(H,19,20)/t12-/m0/s1. The monoisotopic (exact) mass is 292 g/mol. The molecule has 114 valence electrons. The highest BCUT2D eigenvalue weighted by atomic mass is 16.5. The molecule has 0 aliphatic carbocycles. The molecule has 1 heterocycles. The van der Waals surface area contributed by atoms with Gasteiger partial charge in [0.2, 0.25) is 0 Å². The second kappa shape index (κ2) is 6.58. The molecule has 1 aromatic rings. The molecule has 0 radical (unpaired) electrons. The quantitative estimate of drug-likeness (QED) is 0.894. The average Bonchev–Trinajstić information content (AvgIpc) is 2.47. The summed E-state index contributed by atoms with van der Waals surface area (Å²) in [6.07, 6.45) is 0. The zero-order valence-corrected chi connectivity index (χ0v) is 12.3. The topological polar surface area (TPSA) is 70.1 Å². The minimum Gasteiger partial charge on any atom is -0.493 e. The smallest absolute Gasteiger partial charge is 0.322 e. The van der Waals surface area contributed by atoms with E-state index in [0.29, 0.717) is 31.0 Å². The maximum Gasteiger partial charge on any atom is 0.322 e. The Bertz CT molecular complexity index is 532. The first-order valence-corrected chi connectivity index (χ1v) is 6.98. The molecule has 0 saturated carbocycles. The largest absolute Gasteiger partial charge is 0.493 e. The molecule has 1 aromatic carbocycles. The van der Waals surface area contributed by atoms with Crippen LogP contribution in [-0.4, -0.2) is 66.1 Å². The van der Waals surface area contributed by atoms with Gasteiger partial charge in [0.1, 0.15) is 11.8 Å². The van der Waals surface area contributed by atoms with Crippen LogP contribution < -0.4 is 4.74 Å². The van der Waals surface area contributed by atoms with Crippen molar-refractivity contribution in [2.45, 2.75) is 13.0 Å². The van der Waals surface area contributed by atoms with E-state index >= 15 is 0 Å². The van der Waals surface area contributed by atoms with E-state index in [0.717, 1.165) is 0 Å². The summed E-state index contributed by atoms with van der Waals surface area (Å²) in [5.41, 5.74) is 0.480. The number of likely N-dealkylation sites (N-methyl/N-ethyl adjacent to an activating group) is 1. The van der Waals surface area contributed by atoms with Crippen molar-refractivity contribution >= 4 is 11.9 Å². The van der Waals surface area contributed by atoms with Gasteiger partial charge in [0.05, 0.1) is 12.2 Å². The van der Waals surface area contributed by atoms with Crippen molar-refractivity contribution in [2.24, 2.45) is 0 Å². The van der Waals surface area contributed by atoms with Crippen LogP contribution in [-0.2, 0) is 4.79 Å². The molecule has 1 N–H and O–H groups in total. The van der Waals surface area contributed by atoms with E-state index < -0.39 is 12.0 Å². The summed E-state index contributed by atoms with van der Waals surface area (Å²) in [5, 5.41) is 9.21. The van der Waals surface area contributed by atoms with Crippen LogP contribution in [0.15, 0.2) is 24.3 Å². The van der Waals surface area contributed by atoms with Gasteiger partial charge < -0.3 is 14.7 Å². The van der Waals surface area contributed by atoms with Crippen LogP contribution in [0.25, 0.3) is 0 Å². The first-order valence-electron chi connectivity index (χ1n) is 6.98. The predicted molar refractivity (Wildman–Crippen MR) is 77.6 cm³/mol. The zero-order valence-electron chi connectivity index (χ0n) is 12.3. The summed E-state index contributed by atoms with van der Waals surface area (Å²) in [5.74, 6) is -0.553. The van der Waals surface area contributed by atoms with Crippen LogP contribution in [0, 0.1) is 0 Å². The number of hydrogen-bond acceptors (Lipinski definition) is 4. The molecule has 0 bridgehead atoms. The molecule has 1 fully saturated rings. The minimum absolute atomic E-state index is 0.182. The van der Waals surface area contributed by atoms with Crippen molar-refractivity contribution in [3.8, 4) is 5.75 Å². The fourth-order valence-electron chi connectivity index (χ4n) is 2.42. The van der Waals surface area contributed by atoms with E-state index in [1.165, 1.54) is 0 Å². The molecule has 1 saturated heterocycles. The van der Waals surface area contributed by atoms with Gasteiger partial charge in [0.25, 0.3) is 5.91 Å². The lowest BCUT2D eigenvalue weighted by atomic mass is 10.1. The van der Waals surface area contributed by atoms with Gasteiger partial charge in [-0.15, -0.1) is 0 Å². The van der Waals surface area contributed by atoms with Gasteiger partial charge in [-0.05, 0) is 26.1 Å². The third-order valence-corrected chi connectivity index (χ3v) is 3.64. The fourth-order valence-corrected chi connectivity index (χ4v) is 2.42. The number of para-hydroxylation sites is 1. The van der Waals surface area contributed by atoms with Crippen LogP contribution in [0.3, 0.4) is 0 Å². The van der Waals surface area contributed by atoms with Crippen LogP contribution in [0.4, 0.5) is 0 Å². The molecular formula is C15H20N2O4. The molecule has 1 aliphatic heterocycles. The van der Waals surface area contributed by atoms with Gasteiger partial charge in [-0.2, -0.15) is 0 Å². The number of carboxylic acid groups (broad SMARTS) is 1. The molecule has 0 spiro atoms. The number of benzene rings is 1. The van der Waals surface area contributed by atoms with Crippen molar-refractivity contribution in [3.63, 3.8) is 0 Å². The van der Waals surface area contributed by atoms with Crippen molar-refractivity contribution in [1.29, 1.82) is 0 Å². The van der Waals surface area contributed by atoms with Crippen LogP contribution >= 0.6 is 0 Å². The number of hydrogen-bond donors (Lipinski definition) is 1. The van der Waals surface area contributed by atoms with E-state index in [9.17, 15) is 14.7 Å². The molecule has 1 amide bonds. The lowest BCUT2D eigenvalue weighted by molar-refractivity contribution is -0.144. The Morgan fingerprint density at radius 3 is 2.71 bits per heavy atom. The maximum atomic E-state index is 12.6. The lowest BCUT2D eigenvalue weighted by Gasteiger charge is -2.37. The number of aliphatic carboxylic acids is 1. The molecule has 21 heavy (non-hydrogen) atoms. The van der Waals surface area contributed by atoms with E-state index in [-0.39, 0.29) is 12.5 Å². The zero-order chi connectivity index (χ0) is 15.4. The van der Waals surface area contributed by atoms with Crippen molar-refractivity contribution in [2.75, 3.05) is 33.3 Å². The number of carbonyl (C=O) groups excluding carboxylic acids is 1. The van der Waals surface area contributed by atoms with Gasteiger partial charge >= 0.3 is 5.97 Å². The summed E-state index contributed by atoms with van der Waals surface area (Å²) in [6, 6.07) is 6.39. The summed E-state index contributed by atoms with van der Waals surface area (Å²) in [7, 11) is 1.76. The van der Waals surface area contributed by atoms with Crippen molar-refractivity contribution in [3.05, 3.63) is 29.8 Å². The van der Waals surface area contributed by atoms with E-state index in [4.69, 9.17) is 4.74 Å². The molecule has 0 unspecified atom stereocenters. The Balaban J connectivity index is 2.18. The number of amides is 1. The minimum atomic E-state index is -0.909. The number of nitrogens with zero attached hydrogens (tertiary/aromatic N) is 2. The Hall–Kier alpha value is -2.08. The van der Waals surface area contributed by atoms with Crippen molar-refractivity contribution < 1.29 is 19.4 Å². The van der Waals surface area contributed by atoms with Crippen LogP contribution in [0.1, 0.15) is 17.3 Å². The summed E-state index contributed by atoms with van der Waals surface area (Å²) in [4.78, 5) is 27.2. The molecule has 1 atom stereocenters. The van der Waals surface area contributed by atoms with Crippen molar-refractivity contribution in [1.82, 2.24) is 9.80 Å². The van der Waals surface area contributed by atoms with Gasteiger partial charge in [0, 0.05) is 19.6 Å². The van der Waals surface area contributed by atoms with Crippen LogP contribution in [0.2, 0.25) is 0 Å². The highest BCUT2D eigenvalue weighted by Crippen LogP contribution is 2.21. The number of ether oxygens (including phenoxy) is 1. The first-order chi connectivity index (χ1) is 10.0. The Labute approximate surface area is 123 Å². The van der Waals surface area contributed by atoms with E-state index in [1.54, 1.807) is 35.0 Å². The summed E-state index contributed by atoms with van der Waals surface area (Å²) >= 11 is 0. The molecule has 6 nitrogen and oxygen atoms in total. The maximum absolute atomic E-state index is 12.6. The van der Waals surface area contributed by atoms with Crippen LogP contribution in [0.5, 0.6) is 5.75 Å². The molecular weight excluding hydrogens is 272 g/mol. The van der Waals surface area contributed by atoms with Gasteiger partial charge in [-0.25, -0.2) is 0 Å². The van der Waals surface area contributed by atoms with Gasteiger partial charge in [-0.1, -0.05) is 12.1 Å². The predicted octanol–water partition coefficient (Wildman–Crippen LogP) is 0.926. The van der Waals surface area contributed by atoms with E-state index in [1.807, 2.05) is 13.0 Å². The highest BCUT2D eigenvalue weighted by molar-refractivity contribution is 5.97. The SMILES string of the molecule is CCOc1ccccc1C(=O)N1CCN(C)[C@H](C(=O)O)C1. The highest BCUT2D eigenvalue weighted by Gasteiger charge is 2.33. The third kappa shape index (κ3) is 3.33. The molecule has 2 rings (SSSR count). The number of piperazine rings is 1. The van der Waals surface area contributed by atoms with E-state index in [2.05, 4.69) is 0 Å². The number of rotatable bonds is 4. The second-order valence-electron chi connectivity index (χ2n) is 5.01. The van der Waals surface area contributed by atoms with Gasteiger partial charge in [-0.3, -0.25) is 14.5 Å². The molecule has 6 heteroatoms. The molecule has 1 aliphatic rings. The normalized spacial score (nSPS) is 19.3.